The lowest BCUT2D eigenvalue weighted by molar-refractivity contribution is -0.118. The smallest absolute Gasteiger partial charge is 0.267 e. The number of carbonyl (C=O) groups is 1. The summed E-state index contributed by atoms with van der Waals surface area (Å²) in [5, 5.41) is 4.45. The number of thioether (sulfide) groups is 1. The molecule has 0 radical (unpaired) electrons. The van der Waals surface area contributed by atoms with Gasteiger partial charge < -0.3 is 5.32 Å². The molecule has 1 fully saturated rings. The summed E-state index contributed by atoms with van der Waals surface area (Å²) in [5.74, 6) is 0.190. The number of fused-ring (bicyclic) bond motifs is 3. The van der Waals surface area contributed by atoms with E-state index in [9.17, 15) is 9.59 Å². The third-order valence-corrected chi connectivity index (χ3v) is 9.04. The van der Waals surface area contributed by atoms with Crippen molar-refractivity contribution >= 4 is 39.2 Å². The lowest BCUT2D eigenvalue weighted by Gasteiger charge is -2.17. The number of carbonyl (C=O) groups excluding carboxylic acids is 1. The van der Waals surface area contributed by atoms with Crippen molar-refractivity contribution in [3.63, 3.8) is 0 Å². The maximum Gasteiger partial charge on any atom is 0.267 e. The molecule has 1 saturated carbocycles. The minimum atomic E-state index is -0.0326. The SMILES string of the molecule is O=C(CSc1nc2sc3c(c2c(=O)n1-c1ccccc1)CCC3)NCC1(c2ccccc2)CC1. The van der Waals surface area contributed by atoms with Crippen molar-refractivity contribution in [2.75, 3.05) is 12.3 Å². The minimum absolute atomic E-state index is 0.0282. The van der Waals surface area contributed by atoms with Gasteiger partial charge in [0, 0.05) is 16.8 Å². The number of nitrogens with zero attached hydrogens (tertiary/aromatic N) is 2. The largest absolute Gasteiger partial charge is 0.354 e. The molecule has 0 saturated heterocycles. The standard InChI is InChI=1S/C27H25N3O2S2/c31-22(28-17-27(14-15-27)18-8-3-1-4-9-18)16-33-26-29-24-23(20-12-7-13-21(20)34-24)25(32)30(26)19-10-5-2-6-11-19/h1-6,8-11H,7,12-17H2,(H,28,31). The Hall–Kier alpha value is -2.90. The van der Waals surface area contributed by atoms with E-state index < -0.39 is 0 Å². The predicted octanol–water partition coefficient (Wildman–Crippen LogP) is 4.88. The molecular weight excluding hydrogens is 462 g/mol. The van der Waals surface area contributed by atoms with Gasteiger partial charge in [0.1, 0.15) is 4.83 Å². The van der Waals surface area contributed by atoms with Gasteiger partial charge in [0.05, 0.1) is 16.8 Å². The molecule has 1 amide bonds. The van der Waals surface area contributed by atoms with E-state index in [1.54, 1.807) is 15.9 Å². The summed E-state index contributed by atoms with van der Waals surface area (Å²) in [6.07, 6.45) is 5.26. The molecule has 0 bridgehead atoms. The highest BCUT2D eigenvalue weighted by Crippen LogP contribution is 2.47. The van der Waals surface area contributed by atoms with E-state index in [2.05, 4.69) is 29.6 Å². The highest BCUT2D eigenvalue weighted by molar-refractivity contribution is 7.99. The number of nitrogens with one attached hydrogen (secondary N) is 1. The highest BCUT2D eigenvalue weighted by Gasteiger charge is 2.44. The van der Waals surface area contributed by atoms with Crippen LogP contribution in [0.1, 0.15) is 35.3 Å². The number of para-hydroxylation sites is 1. The first-order chi connectivity index (χ1) is 16.6. The fraction of sp³-hybridized carbons (Fsp3) is 0.296. The van der Waals surface area contributed by atoms with Crippen molar-refractivity contribution in [2.45, 2.75) is 42.7 Å². The van der Waals surface area contributed by atoms with Gasteiger partial charge in [-0.15, -0.1) is 11.3 Å². The normalized spacial score (nSPS) is 15.9. The van der Waals surface area contributed by atoms with Crippen LogP contribution in [-0.2, 0) is 23.1 Å². The zero-order chi connectivity index (χ0) is 23.1. The van der Waals surface area contributed by atoms with Crippen LogP contribution in [0.15, 0.2) is 70.6 Å². The summed E-state index contributed by atoms with van der Waals surface area (Å²) in [7, 11) is 0. The Bertz CT molecular complexity index is 1420. The van der Waals surface area contributed by atoms with Crippen LogP contribution in [0, 0.1) is 0 Å². The number of aryl methyl sites for hydroxylation is 2. The molecule has 2 aromatic heterocycles. The molecule has 1 N–H and O–H groups in total. The Labute approximate surface area is 206 Å². The van der Waals surface area contributed by atoms with Gasteiger partial charge in [0.25, 0.3) is 5.56 Å². The summed E-state index contributed by atoms with van der Waals surface area (Å²) < 4.78 is 1.68. The molecular formula is C27H25N3O2S2. The van der Waals surface area contributed by atoms with Gasteiger partial charge in [-0.25, -0.2) is 4.98 Å². The third-order valence-electron chi connectivity index (χ3n) is 6.92. The molecule has 5 nitrogen and oxygen atoms in total. The van der Waals surface area contributed by atoms with Crippen LogP contribution in [-0.4, -0.2) is 27.8 Å². The van der Waals surface area contributed by atoms with Gasteiger partial charge in [-0.3, -0.25) is 14.2 Å². The van der Waals surface area contributed by atoms with E-state index in [1.165, 1.54) is 27.8 Å². The molecule has 0 unspecified atom stereocenters. The topological polar surface area (TPSA) is 64.0 Å². The van der Waals surface area contributed by atoms with E-state index in [0.29, 0.717) is 11.7 Å². The Morgan fingerprint density at radius 2 is 1.79 bits per heavy atom. The van der Waals surface area contributed by atoms with Crippen molar-refractivity contribution < 1.29 is 4.79 Å². The number of aromatic nitrogens is 2. The van der Waals surface area contributed by atoms with Crippen LogP contribution in [0.3, 0.4) is 0 Å². The second-order valence-corrected chi connectivity index (χ2v) is 11.1. The predicted molar refractivity (Wildman–Crippen MR) is 138 cm³/mol. The van der Waals surface area contributed by atoms with Gasteiger partial charge >= 0.3 is 0 Å². The van der Waals surface area contributed by atoms with Crippen molar-refractivity contribution in [1.29, 1.82) is 0 Å². The quantitative estimate of drug-likeness (QED) is 0.298. The van der Waals surface area contributed by atoms with Crippen molar-refractivity contribution in [1.82, 2.24) is 14.9 Å². The number of hydrogen-bond acceptors (Lipinski definition) is 5. The summed E-state index contributed by atoms with van der Waals surface area (Å²) >= 11 is 2.97. The third kappa shape index (κ3) is 3.87. The second kappa shape index (κ2) is 8.71. The Kier molecular flexibility index (Phi) is 5.54. The Morgan fingerprint density at radius 3 is 2.53 bits per heavy atom. The van der Waals surface area contributed by atoms with E-state index in [-0.39, 0.29) is 22.6 Å². The fourth-order valence-corrected chi connectivity index (χ4v) is 7.03. The van der Waals surface area contributed by atoms with Crippen molar-refractivity contribution in [2.24, 2.45) is 0 Å². The second-order valence-electron chi connectivity index (χ2n) is 9.12. The molecule has 2 aliphatic rings. The molecule has 0 atom stereocenters. The molecule has 2 aromatic carbocycles. The van der Waals surface area contributed by atoms with Crippen LogP contribution in [0.25, 0.3) is 15.9 Å². The first kappa shape index (κ1) is 21.6. The highest BCUT2D eigenvalue weighted by atomic mass is 32.2. The van der Waals surface area contributed by atoms with E-state index in [4.69, 9.17) is 4.98 Å². The number of amides is 1. The summed E-state index contributed by atoms with van der Waals surface area (Å²) in [6.45, 7) is 0.645. The molecule has 4 aromatic rings. The average molecular weight is 488 g/mol. The van der Waals surface area contributed by atoms with Gasteiger partial charge in [-0.2, -0.15) is 0 Å². The minimum Gasteiger partial charge on any atom is -0.354 e. The van der Waals surface area contributed by atoms with Gasteiger partial charge in [0.15, 0.2) is 5.16 Å². The zero-order valence-electron chi connectivity index (χ0n) is 18.8. The maximum absolute atomic E-state index is 13.7. The molecule has 34 heavy (non-hydrogen) atoms. The molecule has 172 valence electrons. The Balaban J connectivity index is 1.25. The Morgan fingerprint density at radius 1 is 1.06 bits per heavy atom. The van der Waals surface area contributed by atoms with E-state index >= 15 is 0 Å². The molecule has 0 spiro atoms. The first-order valence-electron chi connectivity index (χ1n) is 11.7. The fourth-order valence-electron chi connectivity index (χ4n) is 4.89. The van der Waals surface area contributed by atoms with Crippen molar-refractivity contribution in [3.8, 4) is 5.69 Å². The number of thiophene rings is 1. The van der Waals surface area contributed by atoms with E-state index in [1.807, 2.05) is 36.4 Å². The zero-order valence-corrected chi connectivity index (χ0v) is 20.4. The van der Waals surface area contributed by atoms with Crippen molar-refractivity contribution in [3.05, 3.63) is 87.0 Å². The lowest BCUT2D eigenvalue weighted by Crippen LogP contribution is -2.33. The summed E-state index contributed by atoms with van der Waals surface area (Å²) in [4.78, 5) is 33.4. The van der Waals surface area contributed by atoms with Crippen LogP contribution >= 0.6 is 23.1 Å². The van der Waals surface area contributed by atoms with Gasteiger partial charge in [-0.1, -0.05) is 60.3 Å². The monoisotopic (exact) mass is 487 g/mol. The first-order valence-corrected chi connectivity index (χ1v) is 13.5. The molecule has 6 rings (SSSR count). The lowest BCUT2D eigenvalue weighted by atomic mass is 9.96. The molecule has 2 heterocycles. The number of rotatable bonds is 7. The summed E-state index contributed by atoms with van der Waals surface area (Å²) in [6, 6.07) is 20.0. The van der Waals surface area contributed by atoms with Crippen LogP contribution in [0.4, 0.5) is 0 Å². The van der Waals surface area contributed by atoms with Crippen LogP contribution in [0.5, 0.6) is 0 Å². The van der Waals surface area contributed by atoms with E-state index in [0.717, 1.165) is 48.0 Å². The van der Waals surface area contributed by atoms with Gasteiger partial charge in [-0.05, 0) is 55.4 Å². The molecule has 2 aliphatic carbocycles. The van der Waals surface area contributed by atoms with Crippen LogP contribution < -0.4 is 10.9 Å². The van der Waals surface area contributed by atoms with Crippen LogP contribution in [0.2, 0.25) is 0 Å². The molecule has 7 heteroatoms. The number of benzene rings is 2. The molecule has 0 aliphatic heterocycles. The average Bonchev–Trinajstić information content (AvgIpc) is 3.39. The number of hydrogen-bond donors (Lipinski definition) is 1. The van der Waals surface area contributed by atoms with Gasteiger partial charge in [0.2, 0.25) is 5.91 Å². The maximum atomic E-state index is 13.7. The summed E-state index contributed by atoms with van der Waals surface area (Å²) in [5.41, 5.74) is 3.29.